The average molecular weight is 279 g/mol. The minimum Gasteiger partial charge on any atom is -0.339 e. The van der Waals surface area contributed by atoms with E-state index in [1.807, 2.05) is 24.3 Å². The fourth-order valence-corrected chi connectivity index (χ4v) is 2.56. The second-order valence-corrected chi connectivity index (χ2v) is 5.52. The lowest BCUT2D eigenvalue weighted by Gasteiger charge is -2.01. The van der Waals surface area contributed by atoms with Crippen molar-refractivity contribution in [1.29, 1.82) is 0 Å². The summed E-state index contributed by atoms with van der Waals surface area (Å²) in [5.41, 5.74) is 1.03. The third-order valence-electron chi connectivity index (χ3n) is 3.85. The molecule has 0 radical (unpaired) electrons. The Kier molecular flexibility index (Phi) is 3.16. The minimum atomic E-state index is 0.674. The molecule has 0 aliphatic heterocycles. The molecule has 1 N–H and O–H groups in total. The number of fused-ring (bicyclic) bond motifs is 1. The number of hydrogen-bond donors (Lipinski definition) is 1. The van der Waals surface area contributed by atoms with Crippen LogP contribution in [0.3, 0.4) is 0 Å². The molecule has 1 aliphatic rings. The van der Waals surface area contributed by atoms with Crippen LogP contribution < -0.4 is 5.32 Å². The van der Waals surface area contributed by atoms with E-state index in [0.717, 1.165) is 23.9 Å². The molecule has 0 unspecified atom stereocenters. The van der Waals surface area contributed by atoms with Crippen LogP contribution in [0.15, 0.2) is 47.0 Å². The van der Waals surface area contributed by atoms with Gasteiger partial charge in [0.05, 0.1) is 0 Å². The first kappa shape index (κ1) is 12.5. The lowest BCUT2D eigenvalue weighted by molar-refractivity contribution is 0.376. The normalized spacial score (nSPS) is 14.7. The summed E-state index contributed by atoms with van der Waals surface area (Å²) >= 11 is 0. The van der Waals surface area contributed by atoms with Crippen LogP contribution in [-0.2, 0) is 6.42 Å². The number of aromatic nitrogens is 2. The lowest BCUT2D eigenvalue weighted by atomic mass is 10.0. The second-order valence-electron chi connectivity index (χ2n) is 5.52. The number of hydrogen-bond acceptors (Lipinski definition) is 4. The monoisotopic (exact) mass is 279 g/mol. The van der Waals surface area contributed by atoms with Crippen LogP contribution in [0.1, 0.15) is 18.7 Å². The van der Waals surface area contributed by atoms with Crippen LogP contribution in [0, 0.1) is 0 Å². The van der Waals surface area contributed by atoms with Crippen LogP contribution in [-0.4, -0.2) is 22.7 Å². The third-order valence-corrected chi connectivity index (χ3v) is 3.85. The number of nitrogens with one attached hydrogen (secondary N) is 1. The second kappa shape index (κ2) is 5.30. The zero-order valence-corrected chi connectivity index (χ0v) is 11.7. The standard InChI is InChI=1S/C17H17N3O/c1-2-6-14-12(4-1)5-3-7-15(14)17-19-16(21-20-17)10-11-18-13-8-9-13/h1-7,13,18H,8-11H2. The Morgan fingerprint density at radius 3 is 2.86 bits per heavy atom. The van der Waals surface area contributed by atoms with E-state index in [2.05, 4.69) is 33.7 Å². The SMILES string of the molecule is c1ccc2c(-c3noc(CCNC4CC4)n3)cccc2c1. The smallest absolute Gasteiger partial charge is 0.228 e. The van der Waals surface area contributed by atoms with E-state index in [-0.39, 0.29) is 0 Å². The van der Waals surface area contributed by atoms with Gasteiger partial charge in [-0.3, -0.25) is 0 Å². The van der Waals surface area contributed by atoms with E-state index in [1.165, 1.54) is 18.2 Å². The maximum Gasteiger partial charge on any atom is 0.228 e. The summed E-state index contributed by atoms with van der Waals surface area (Å²) < 4.78 is 5.37. The van der Waals surface area contributed by atoms with Gasteiger partial charge in [0, 0.05) is 24.6 Å². The van der Waals surface area contributed by atoms with Gasteiger partial charge in [0.2, 0.25) is 11.7 Å². The Morgan fingerprint density at radius 1 is 1.10 bits per heavy atom. The Labute approximate surface area is 123 Å². The van der Waals surface area contributed by atoms with Crippen molar-refractivity contribution in [3.63, 3.8) is 0 Å². The average Bonchev–Trinajstić information content (AvgIpc) is 3.23. The van der Waals surface area contributed by atoms with E-state index >= 15 is 0 Å². The lowest BCUT2D eigenvalue weighted by Crippen LogP contribution is -2.19. The van der Waals surface area contributed by atoms with Gasteiger partial charge >= 0.3 is 0 Å². The van der Waals surface area contributed by atoms with Crippen molar-refractivity contribution in [3.05, 3.63) is 48.4 Å². The predicted octanol–water partition coefficient (Wildman–Crippen LogP) is 3.18. The van der Waals surface area contributed by atoms with Gasteiger partial charge in [-0.25, -0.2) is 0 Å². The van der Waals surface area contributed by atoms with Gasteiger partial charge in [-0.05, 0) is 23.6 Å². The molecule has 1 heterocycles. The highest BCUT2D eigenvalue weighted by molar-refractivity contribution is 5.94. The molecule has 3 aromatic rings. The van der Waals surface area contributed by atoms with Gasteiger partial charge in [-0.1, -0.05) is 47.6 Å². The molecule has 0 spiro atoms. The summed E-state index contributed by atoms with van der Waals surface area (Å²) in [5, 5.41) is 9.94. The van der Waals surface area contributed by atoms with Crippen molar-refractivity contribution in [3.8, 4) is 11.4 Å². The Bertz CT molecular complexity index is 756. The first-order valence-electron chi connectivity index (χ1n) is 7.44. The first-order chi connectivity index (χ1) is 10.4. The first-order valence-corrected chi connectivity index (χ1v) is 7.44. The van der Waals surface area contributed by atoms with Crippen molar-refractivity contribution in [2.75, 3.05) is 6.54 Å². The zero-order chi connectivity index (χ0) is 14.1. The van der Waals surface area contributed by atoms with Crippen LogP contribution >= 0.6 is 0 Å². The number of nitrogens with zero attached hydrogens (tertiary/aromatic N) is 2. The van der Waals surface area contributed by atoms with Gasteiger partial charge in [0.15, 0.2) is 0 Å². The van der Waals surface area contributed by atoms with Crippen LogP contribution in [0.2, 0.25) is 0 Å². The summed E-state index contributed by atoms with van der Waals surface area (Å²) in [6, 6.07) is 15.1. The molecule has 1 aromatic heterocycles. The topological polar surface area (TPSA) is 51.0 Å². The molecule has 106 valence electrons. The highest BCUT2D eigenvalue weighted by atomic mass is 16.5. The molecule has 2 aromatic carbocycles. The quantitative estimate of drug-likeness (QED) is 0.779. The molecule has 1 saturated carbocycles. The Hall–Kier alpha value is -2.20. The van der Waals surface area contributed by atoms with Gasteiger partial charge in [0.25, 0.3) is 0 Å². The number of rotatable bonds is 5. The molecular formula is C17H17N3O. The van der Waals surface area contributed by atoms with Gasteiger partial charge in [-0.15, -0.1) is 0 Å². The molecule has 4 heteroatoms. The largest absolute Gasteiger partial charge is 0.339 e. The zero-order valence-electron chi connectivity index (χ0n) is 11.7. The Balaban J connectivity index is 1.58. The number of benzene rings is 2. The van der Waals surface area contributed by atoms with Crippen LogP contribution in [0.5, 0.6) is 0 Å². The molecular weight excluding hydrogens is 262 g/mol. The van der Waals surface area contributed by atoms with Gasteiger partial charge < -0.3 is 9.84 Å². The summed E-state index contributed by atoms with van der Waals surface area (Å²) in [5.74, 6) is 1.37. The van der Waals surface area contributed by atoms with E-state index in [0.29, 0.717) is 17.8 Å². The molecule has 0 amide bonds. The van der Waals surface area contributed by atoms with E-state index in [9.17, 15) is 0 Å². The highest BCUT2D eigenvalue weighted by Gasteiger charge is 2.20. The van der Waals surface area contributed by atoms with Gasteiger partial charge in [0.1, 0.15) is 0 Å². The van der Waals surface area contributed by atoms with Crippen LogP contribution in [0.25, 0.3) is 22.2 Å². The maximum atomic E-state index is 5.37. The molecule has 21 heavy (non-hydrogen) atoms. The van der Waals surface area contributed by atoms with Crippen molar-refractivity contribution in [2.45, 2.75) is 25.3 Å². The van der Waals surface area contributed by atoms with Gasteiger partial charge in [-0.2, -0.15) is 4.98 Å². The molecule has 4 nitrogen and oxygen atoms in total. The van der Waals surface area contributed by atoms with Crippen LogP contribution in [0.4, 0.5) is 0 Å². The van der Waals surface area contributed by atoms with E-state index in [4.69, 9.17) is 4.52 Å². The third kappa shape index (κ3) is 2.67. The Morgan fingerprint density at radius 2 is 1.95 bits per heavy atom. The summed E-state index contributed by atoms with van der Waals surface area (Å²) in [4.78, 5) is 4.53. The molecule has 4 rings (SSSR count). The van der Waals surface area contributed by atoms with Crippen molar-refractivity contribution >= 4 is 10.8 Å². The summed E-state index contributed by atoms with van der Waals surface area (Å²) in [6.07, 6.45) is 3.38. The molecule has 1 fully saturated rings. The fraction of sp³-hybridized carbons (Fsp3) is 0.294. The van der Waals surface area contributed by atoms with Crippen molar-refractivity contribution < 1.29 is 4.52 Å². The molecule has 1 aliphatic carbocycles. The molecule has 0 saturated heterocycles. The highest BCUT2D eigenvalue weighted by Crippen LogP contribution is 2.26. The van der Waals surface area contributed by atoms with Crippen molar-refractivity contribution in [2.24, 2.45) is 0 Å². The summed E-state index contributed by atoms with van der Waals surface area (Å²) in [6.45, 7) is 0.905. The molecule has 0 atom stereocenters. The minimum absolute atomic E-state index is 0.674. The maximum absolute atomic E-state index is 5.37. The summed E-state index contributed by atoms with van der Waals surface area (Å²) in [7, 11) is 0. The van der Waals surface area contributed by atoms with Crippen molar-refractivity contribution in [1.82, 2.24) is 15.5 Å². The fourth-order valence-electron chi connectivity index (χ4n) is 2.56. The van der Waals surface area contributed by atoms with E-state index < -0.39 is 0 Å². The predicted molar refractivity (Wildman–Crippen MR) is 82.0 cm³/mol. The van der Waals surface area contributed by atoms with E-state index in [1.54, 1.807) is 0 Å². The molecule has 0 bridgehead atoms.